The third kappa shape index (κ3) is 5.35. The van der Waals surface area contributed by atoms with Crippen LogP contribution in [-0.4, -0.2) is 30.8 Å². The van der Waals surface area contributed by atoms with E-state index in [0.29, 0.717) is 12.3 Å². The summed E-state index contributed by atoms with van der Waals surface area (Å²) in [5.74, 6) is 0.343. The minimum absolute atomic E-state index is 0.0805. The smallest absolute Gasteiger partial charge is 0.373 e. The van der Waals surface area contributed by atoms with Gasteiger partial charge in [0.15, 0.2) is 0 Å². The van der Waals surface area contributed by atoms with Crippen molar-refractivity contribution in [2.24, 2.45) is 5.41 Å². The third-order valence-electron chi connectivity index (χ3n) is 2.95. The molecular formula is C15H25NO4. The SMILES string of the molecule is COC(=O)c1ccc(C(C)NCC(O)CC(C)(C)C)o1. The zero-order valence-electron chi connectivity index (χ0n) is 12.9. The number of methoxy groups -OCH3 is 1. The molecule has 0 fully saturated rings. The fourth-order valence-electron chi connectivity index (χ4n) is 1.99. The van der Waals surface area contributed by atoms with Crippen molar-refractivity contribution in [1.82, 2.24) is 5.32 Å². The summed E-state index contributed by atoms with van der Waals surface area (Å²) >= 11 is 0. The average molecular weight is 283 g/mol. The predicted molar refractivity (Wildman–Crippen MR) is 76.5 cm³/mol. The maximum absolute atomic E-state index is 11.3. The monoisotopic (exact) mass is 283 g/mol. The van der Waals surface area contributed by atoms with Crippen LogP contribution >= 0.6 is 0 Å². The summed E-state index contributed by atoms with van der Waals surface area (Å²) in [6.45, 7) is 8.68. The van der Waals surface area contributed by atoms with Crippen LogP contribution < -0.4 is 5.32 Å². The van der Waals surface area contributed by atoms with Crippen molar-refractivity contribution in [3.8, 4) is 0 Å². The van der Waals surface area contributed by atoms with Gasteiger partial charge in [-0.1, -0.05) is 20.8 Å². The van der Waals surface area contributed by atoms with Gasteiger partial charge in [-0.15, -0.1) is 0 Å². The molecule has 0 saturated carbocycles. The first-order valence-corrected chi connectivity index (χ1v) is 6.82. The molecule has 20 heavy (non-hydrogen) atoms. The Morgan fingerprint density at radius 2 is 2.10 bits per heavy atom. The molecule has 0 amide bonds. The number of hydrogen-bond donors (Lipinski definition) is 2. The topological polar surface area (TPSA) is 71.7 Å². The van der Waals surface area contributed by atoms with Gasteiger partial charge in [-0.2, -0.15) is 0 Å². The van der Waals surface area contributed by atoms with E-state index >= 15 is 0 Å². The van der Waals surface area contributed by atoms with Gasteiger partial charge in [-0.3, -0.25) is 0 Å². The summed E-state index contributed by atoms with van der Waals surface area (Å²) in [5.41, 5.74) is 0.0903. The van der Waals surface area contributed by atoms with E-state index in [1.165, 1.54) is 7.11 Å². The van der Waals surface area contributed by atoms with E-state index in [2.05, 4.69) is 30.8 Å². The van der Waals surface area contributed by atoms with E-state index in [9.17, 15) is 9.90 Å². The minimum atomic E-state index is -0.490. The Kier molecular flexibility index (Phi) is 5.77. The number of aliphatic hydroxyl groups is 1. The summed E-state index contributed by atoms with van der Waals surface area (Å²) in [6, 6.07) is 3.24. The van der Waals surface area contributed by atoms with Gasteiger partial charge in [0.2, 0.25) is 5.76 Å². The highest BCUT2D eigenvalue weighted by Crippen LogP contribution is 2.21. The number of ether oxygens (including phenoxy) is 1. The minimum Gasteiger partial charge on any atom is -0.463 e. The lowest BCUT2D eigenvalue weighted by Gasteiger charge is -2.23. The number of rotatable bonds is 6. The van der Waals surface area contributed by atoms with Gasteiger partial charge >= 0.3 is 5.97 Å². The third-order valence-corrected chi connectivity index (χ3v) is 2.95. The lowest BCUT2D eigenvalue weighted by atomic mass is 9.89. The lowest BCUT2D eigenvalue weighted by molar-refractivity contribution is 0.0561. The molecule has 0 radical (unpaired) electrons. The Morgan fingerprint density at radius 1 is 1.45 bits per heavy atom. The van der Waals surface area contributed by atoms with E-state index in [-0.39, 0.29) is 17.2 Å². The molecule has 0 aliphatic heterocycles. The van der Waals surface area contributed by atoms with E-state index in [1.807, 2.05) is 6.92 Å². The molecule has 0 aromatic carbocycles. The van der Waals surface area contributed by atoms with Crippen LogP contribution in [0.2, 0.25) is 0 Å². The number of esters is 1. The van der Waals surface area contributed by atoms with Crippen LogP contribution in [0, 0.1) is 5.41 Å². The molecule has 1 rings (SSSR count). The van der Waals surface area contributed by atoms with Crippen molar-refractivity contribution in [3.63, 3.8) is 0 Å². The molecule has 0 bridgehead atoms. The molecule has 1 aromatic heterocycles. The molecule has 0 aliphatic carbocycles. The first kappa shape index (κ1) is 16.7. The molecule has 2 atom stereocenters. The van der Waals surface area contributed by atoms with E-state index < -0.39 is 12.1 Å². The summed E-state index contributed by atoms with van der Waals surface area (Å²) in [7, 11) is 1.31. The van der Waals surface area contributed by atoms with Gasteiger partial charge in [-0.25, -0.2) is 4.79 Å². The molecule has 5 nitrogen and oxygen atoms in total. The summed E-state index contributed by atoms with van der Waals surface area (Å²) in [6.07, 6.45) is 0.311. The molecule has 114 valence electrons. The Hall–Kier alpha value is -1.33. The van der Waals surface area contributed by atoms with Crippen LogP contribution in [0.25, 0.3) is 0 Å². The molecule has 2 unspecified atom stereocenters. The van der Waals surface area contributed by atoms with E-state index in [1.54, 1.807) is 12.1 Å². The van der Waals surface area contributed by atoms with Crippen LogP contribution in [0.3, 0.4) is 0 Å². The highest BCUT2D eigenvalue weighted by Gasteiger charge is 2.19. The Bertz CT molecular complexity index is 433. The normalized spacial score (nSPS) is 14.9. The van der Waals surface area contributed by atoms with E-state index in [0.717, 1.165) is 6.42 Å². The van der Waals surface area contributed by atoms with Gasteiger partial charge < -0.3 is 19.6 Å². The summed E-state index contributed by atoms with van der Waals surface area (Å²) in [4.78, 5) is 11.3. The Morgan fingerprint density at radius 3 is 2.65 bits per heavy atom. The number of aliphatic hydroxyl groups excluding tert-OH is 1. The van der Waals surface area contributed by atoms with Gasteiger partial charge in [0.05, 0.1) is 19.3 Å². The van der Waals surface area contributed by atoms with Gasteiger partial charge in [0, 0.05) is 6.54 Å². The number of nitrogens with one attached hydrogen (secondary N) is 1. The molecule has 1 heterocycles. The number of carbonyl (C=O) groups excluding carboxylic acids is 1. The van der Waals surface area contributed by atoms with Crippen LogP contribution in [-0.2, 0) is 4.74 Å². The quantitative estimate of drug-likeness (QED) is 0.785. The molecule has 1 aromatic rings. The number of furan rings is 1. The molecular weight excluding hydrogens is 258 g/mol. The number of hydrogen-bond acceptors (Lipinski definition) is 5. The highest BCUT2D eigenvalue weighted by molar-refractivity contribution is 5.86. The van der Waals surface area contributed by atoms with Crippen molar-refractivity contribution in [1.29, 1.82) is 0 Å². The molecule has 0 saturated heterocycles. The number of carbonyl (C=O) groups is 1. The highest BCUT2D eigenvalue weighted by atomic mass is 16.5. The molecule has 2 N–H and O–H groups in total. The standard InChI is InChI=1S/C15H25NO4/c1-10(16-9-11(17)8-15(2,3)4)12-6-7-13(20-12)14(18)19-5/h6-7,10-11,16-17H,8-9H2,1-5H3. The van der Waals surface area contributed by atoms with Crippen LogP contribution in [0.1, 0.15) is 56.5 Å². The fraction of sp³-hybridized carbons (Fsp3) is 0.667. The average Bonchev–Trinajstić information content (AvgIpc) is 2.82. The second kappa shape index (κ2) is 6.90. The first-order chi connectivity index (χ1) is 9.23. The Labute approximate surface area is 120 Å². The second-order valence-electron chi connectivity index (χ2n) is 6.24. The molecule has 5 heteroatoms. The van der Waals surface area contributed by atoms with Crippen molar-refractivity contribution in [2.45, 2.75) is 46.3 Å². The van der Waals surface area contributed by atoms with Gasteiger partial charge in [0.1, 0.15) is 5.76 Å². The van der Waals surface area contributed by atoms with Crippen LogP contribution in [0.5, 0.6) is 0 Å². The zero-order chi connectivity index (χ0) is 15.3. The largest absolute Gasteiger partial charge is 0.463 e. The molecule has 0 spiro atoms. The van der Waals surface area contributed by atoms with Gasteiger partial charge in [-0.05, 0) is 30.9 Å². The van der Waals surface area contributed by atoms with E-state index in [4.69, 9.17) is 4.42 Å². The van der Waals surface area contributed by atoms with Crippen molar-refractivity contribution in [3.05, 3.63) is 23.7 Å². The van der Waals surface area contributed by atoms with Crippen molar-refractivity contribution in [2.75, 3.05) is 13.7 Å². The maximum Gasteiger partial charge on any atom is 0.373 e. The Balaban J connectivity index is 2.48. The lowest BCUT2D eigenvalue weighted by Crippen LogP contribution is -2.31. The second-order valence-corrected chi connectivity index (χ2v) is 6.24. The van der Waals surface area contributed by atoms with Crippen molar-refractivity contribution < 1.29 is 19.1 Å². The fourth-order valence-corrected chi connectivity index (χ4v) is 1.99. The van der Waals surface area contributed by atoms with Crippen LogP contribution in [0.15, 0.2) is 16.5 Å². The summed E-state index contributed by atoms with van der Waals surface area (Å²) in [5, 5.41) is 13.1. The van der Waals surface area contributed by atoms with Gasteiger partial charge in [0.25, 0.3) is 0 Å². The first-order valence-electron chi connectivity index (χ1n) is 6.82. The summed E-state index contributed by atoms with van der Waals surface area (Å²) < 4.78 is 10.0. The van der Waals surface area contributed by atoms with Crippen LogP contribution in [0.4, 0.5) is 0 Å². The zero-order valence-corrected chi connectivity index (χ0v) is 12.9. The van der Waals surface area contributed by atoms with Crippen molar-refractivity contribution >= 4 is 5.97 Å². The molecule has 0 aliphatic rings. The predicted octanol–water partition coefficient (Wildman–Crippen LogP) is 2.51. The maximum atomic E-state index is 11.3.